The second-order valence-electron chi connectivity index (χ2n) is 3.50. The lowest BCUT2D eigenvalue weighted by molar-refractivity contribution is -0.143. The maximum Gasteiger partial charge on any atom is 0.326 e. The third kappa shape index (κ3) is 7.12. The zero-order chi connectivity index (χ0) is 11.3. The number of nitrogens with two attached hydrogens (primary N) is 2. The molecular formula is C8H18ClN3O3. The van der Waals surface area contributed by atoms with Gasteiger partial charge in [-0.15, -0.1) is 12.4 Å². The molecule has 0 aliphatic heterocycles. The zero-order valence-corrected chi connectivity index (χ0v) is 9.58. The van der Waals surface area contributed by atoms with Gasteiger partial charge in [0.05, 0.1) is 12.6 Å². The number of hydrogen-bond acceptors (Lipinski definition) is 4. The van der Waals surface area contributed by atoms with Gasteiger partial charge in [0.1, 0.15) is 6.04 Å². The fraction of sp³-hybridized carbons (Fsp3) is 0.750. The zero-order valence-electron chi connectivity index (χ0n) is 8.77. The Kier molecular flexibility index (Phi) is 8.22. The van der Waals surface area contributed by atoms with Crippen LogP contribution in [0.4, 0.5) is 0 Å². The minimum absolute atomic E-state index is 0. The molecule has 90 valence electrons. The van der Waals surface area contributed by atoms with Gasteiger partial charge in [0.15, 0.2) is 0 Å². The van der Waals surface area contributed by atoms with Crippen molar-refractivity contribution < 1.29 is 14.7 Å². The van der Waals surface area contributed by atoms with E-state index in [0.29, 0.717) is 0 Å². The van der Waals surface area contributed by atoms with Gasteiger partial charge in [0.25, 0.3) is 0 Å². The van der Waals surface area contributed by atoms with Crippen LogP contribution in [0.15, 0.2) is 0 Å². The Bertz CT molecular complexity index is 221. The van der Waals surface area contributed by atoms with Gasteiger partial charge >= 0.3 is 5.97 Å². The van der Waals surface area contributed by atoms with Crippen molar-refractivity contribution in [3.8, 4) is 0 Å². The Balaban J connectivity index is 0. The number of aliphatic carboxylic acids is 1. The minimum Gasteiger partial charge on any atom is -0.480 e. The molecule has 6 N–H and O–H groups in total. The standard InChI is InChI=1S/C8H17N3O3.ClH/c1-4(2)7(8(13)14)11-6(12)3-5(9)10;/h4-5,7H,3,9-10H2,1-2H3,(H,11,12)(H,13,14);1H/t7-;/m0./s1. The molecule has 0 saturated heterocycles. The molecule has 0 spiro atoms. The highest BCUT2D eigenvalue weighted by Crippen LogP contribution is 2.01. The van der Waals surface area contributed by atoms with E-state index in [-0.39, 0.29) is 24.7 Å². The van der Waals surface area contributed by atoms with Crippen molar-refractivity contribution in [2.45, 2.75) is 32.5 Å². The summed E-state index contributed by atoms with van der Waals surface area (Å²) in [5, 5.41) is 11.1. The van der Waals surface area contributed by atoms with Crippen LogP contribution < -0.4 is 16.8 Å². The van der Waals surface area contributed by atoms with E-state index in [1.54, 1.807) is 13.8 Å². The van der Waals surface area contributed by atoms with Crippen molar-refractivity contribution in [3.05, 3.63) is 0 Å². The van der Waals surface area contributed by atoms with Gasteiger partial charge in [0.2, 0.25) is 5.91 Å². The number of carboxylic acid groups (broad SMARTS) is 1. The van der Waals surface area contributed by atoms with Crippen LogP contribution in [0.25, 0.3) is 0 Å². The van der Waals surface area contributed by atoms with E-state index in [9.17, 15) is 9.59 Å². The Labute approximate surface area is 94.8 Å². The lowest BCUT2D eigenvalue weighted by Gasteiger charge is -2.18. The number of carbonyl (C=O) groups excluding carboxylic acids is 1. The van der Waals surface area contributed by atoms with E-state index >= 15 is 0 Å². The maximum atomic E-state index is 11.1. The summed E-state index contributed by atoms with van der Waals surface area (Å²) in [5.41, 5.74) is 10.4. The molecule has 6 nitrogen and oxygen atoms in total. The van der Waals surface area contributed by atoms with Crippen LogP contribution in [0.2, 0.25) is 0 Å². The molecule has 0 aliphatic rings. The summed E-state index contributed by atoms with van der Waals surface area (Å²) in [5.74, 6) is -1.68. The Morgan fingerprint density at radius 2 is 1.80 bits per heavy atom. The molecule has 0 radical (unpaired) electrons. The molecule has 0 bridgehead atoms. The highest BCUT2D eigenvalue weighted by atomic mass is 35.5. The number of rotatable bonds is 5. The summed E-state index contributed by atoms with van der Waals surface area (Å²) in [7, 11) is 0. The molecular weight excluding hydrogens is 222 g/mol. The molecule has 1 amide bonds. The van der Waals surface area contributed by atoms with E-state index in [1.165, 1.54) is 0 Å². The van der Waals surface area contributed by atoms with Gasteiger partial charge in [-0.3, -0.25) is 4.79 Å². The SMILES string of the molecule is CC(C)[C@H](NC(=O)CC(N)N)C(=O)O.Cl. The van der Waals surface area contributed by atoms with Crippen molar-refractivity contribution in [1.29, 1.82) is 0 Å². The highest BCUT2D eigenvalue weighted by Gasteiger charge is 2.23. The van der Waals surface area contributed by atoms with Gasteiger partial charge < -0.3 is 21.9 Å². The van der Waals surface area contributed by atoms with E-state index in [2.05, 4.69) is 5.32 Å². The number of carbonyl (C=O) groups is 2. The normalized spacial score (nSPS) is 12.1. The molecule has 0 saturated carbocycles. The van der Waals surface area contributed by atoms with Crippen LogP contribution in [0.5, 0.6) is 0 Å². The molecule has 7 heteroatoms. The van der Waals surface area contributed by atoms with E-state index in [0.717, 1.165) is 0 Å². The van der Waals surface area contributed by atoms with E-state index in [1.807, 2.05) is 0 Å². The summed E-state index contributed by atoms with van der Waals surface area (Å²) < 4.78 is 0. The monoisotopic (exact) mass is 239 g/mol. The molecule has 0 heterocycles. The van der Waals surface area contributed by atoms with Gasteiger partial charge in [-0.05, 0) is 5.92 Å². The average molecular weight is 240 g/mol. The summed E-state index contributed by atoms with van der Waals surface area (Å²) in [4.78, 5) is 21.8. The summed E-state index contributed by atoms with van der Waals surface area (Å²) in [6.07, 6.45) is -0.826. The Hall–Kier alpha value is -0.850. The first-order chi connectivity index (χ1) is 6.34. The van der Waals surface area contributed by atoms with Crippen LogP contribution >= 0.6 is 12.4 Å². The third-order valence-electron chi connectivity index (χ3n) is 1.67. The fourth-order valence-electron chi connectivity index (χ4n) is 0.960. The maximum absolute atomic E-state index is 11.1. The summed E-state index contributed by atoms with van der Waals surface area (Å²) in [6.45, 7) is 3.42. The van der Waals surface area contributed by atoms with Crippen molar-refractivity contribution in [1.82, 2.24) is 5.32 Å². The van der Waals surface area contributed by atoms with Gasteiger partial charge in [-0.2, -0.15) is 0 Å². The molecule has 0 unspecified atom stereocenters. The third-order valence-corrected chi connectivity index (χ3v) is 1.67. The van der Waals surface area contributed by atoms with Crippen LogP contribution in [-0.2, 0) is 9.59 Å². The highest BCUT2D eigenvalue weighted by molar-refractivity contribution is 5.85. The molecule has 0 aromatic rings. The topological polar surface area (TPSA) is 118 Å². The molecule has 0 fully saturated rings. The first-order valence-electron chi connectivity index (χ1n) is 4.38. The van der Waals surface area contributed by atoms with E-state index in [4.69, 9.17) is 16.6 Å². The number of amides is 1. The van der Waals surface area contributed by atoms with Crippen LogP contribution in [0, 0.1) is 5.92 Å². The van der Waals surface area contributed by atoms with Crippen molar-refractivity contribution in [2.75, 3.05) is 0 Å². The molecule has 0 aromatic heterocycles. The molecule has 0 aliphatic carbocycles. The lowest BCUT2D eigenvalue weighted by atomic mass is 10.0. The first kappa shape index (κ1) is 16.6. The number of hydrogen-bond donors (Lipinski definition) is 4. The fourth-order valence-corrected chi connectivity index (χ4v) is 0.960. The van der Waals surface area contributed by atoms with Crippen LogP contribution in [-0.4, -0.2) is 29.2 Å². The summed E-state index contributed by atoms with van der Waals surface area (Å²) >= 11 is 0. The second kappa shape index (κ2) is 7.44. The molecule has 0 aromatic carbocycles. The number of nitrogens with one attached hydrogen (secondary N) is 1. The second-order valence-corrected chi connectivity index (χ2v) is 3.50. The smallest absolute Gasteiger partial charge is 0.326 e. The molecule has 1 atom stereocenters. The predicted molar refractivity (Wildman–Crippen MR) is 58.4 cm³/mol. The Morgan fingerprint density at radius 3 is 2.07 bits per heavy atom. The quantitative estimate of drug-likeness (QED) is 0.472. The van der Waals surface area contributed by atoms with Gasteiger partial charge in [-0.25, -0.2) is 4.79 Å². The average Bonchev–Trinajstić information content (AvgIpc) is 1.97. The minimum atomic E-state index is -1.06. The van der Waals surface area contributed by atoms with E-state index < -0.39 is 24.1 Å². The van der Waals surface area contributed by atoms with Crippen molar-refractivity contribution in [3.63, 3.8) is 0 Å². The first-order valence-corrected chi connectivity index (χ1v) is 4.38. The predicted octanol–water partition coefficient (Wildman–Crippen LogP) is -0.733. The van der Waals surface area contributed by atoms with Crippen LogP contribution in [0.3, 0.4) is 0 Å². The largest absolute Gasteiger partial charge is 0.480 e. The van der Waals surface area contributed by atoms with Crippen LogP contribution in [0.1, 0.15) is 20.3 Å². The Morgan fingerprint density at radius 1 is 1.33 bits per heavy atom. The summed E-state index contributed by atoms with van der Waals surface area (Å²) in [6, 6.07) is -0.888. The van der Waals surface area contributed by atoms with Gasteiger partial charge in [-0.1, -0.05) is 13.8 Å². The number of carboxylic acids is 1. The number of halogens is 1. The lowest BCUT2D eigenvalue weighted by Crippen LogP contribution is -2.47. The van der Waals surface area contributed by atoms with Crippen molar-refractivity contribution in [2.24, 2.45) is 17.4 Å². The van der Waals surface area contributed by atoms with Gasteiger partial charge in [0, 0.05) is 0 Å². The van der Waals surface area contributed by atoms with Crippen molar-refractivity contribution >= 4 is 24.3 Å². The molecule has 0 rings (SSSR count). The molecule has 15 heavy (non-hydrogen) atoms.